The van der Waals surface area contributed by atoms with Crippen molar-refractivity contribution in [1.29, 1.82) is 0 Å². The molecule has 1 aromatic heterocycles. The van der Waals surface area contributed by atoms with E-state index in [4.69, 9.17) is 0 Å². The highest BCUT2D eigenvalue weighted by Gasteiger charge is 2.26. The molecule has 0 saturated carbocycles. The molecule has 5 heteroatoms. The lowest BCUT2D eigenvalue weighted by Crippen LogP contribution is -2.47. The van der Waals surface area contributed by atoms with E-state index in [0.29, 0.717) is 0 Å². The number of amides is 1. The van der Waals surface area contributed by atoms with E-state index in [1.165, 1.54) is 0 Å². The van der Waals surface area contributed by atoms with E-state index in [9.17, 15) is 4.79 Å². The molecule has 2 heterocycles. The van der Waals surface area contributed by atoms with Gasteiger partial charge < -0.3 is 10.2 Å². The van der Waals surface area contributed by atoms with Gasteiger partial charge in [0.05, 0.1) is 0 Å². The molecule has 0 aliphatic carbocycles. The van der Waals surface area contributed by atoms with Crippen LogP contribution in [-0.4, -0.2) is 35.0 Å². The molecule has 0 spiro atoms. The number of hydrogen-bond donors (Lipinski definition) is 1. The van der Waals surface area contributed by atoms with Gasteiger partial charge in [-0.3, -0.25) is 4.79 Å². The van der Waals surface area contributed by atoms with Gasteiger partial charge in [0.1, 0.15) is 12.1 Å². The van der Waals surface area contributed by atoms with Crippen molar-refractivity contribution in [2.45, 2.75) is 53.0 Å². The van der Waals surface area contributed by atoms with Crippen LogP contribution in [0.1, 0.15) is 46.2 Å². The molecule has 1 saturated heterocycles. The molecule has 1 fully saturated rings. The van der Waals surface area contributed by atoms with Crippen LogP contribution in [0, 0.1) is 5.41 Å². The number of aromatic nitrogens is 2. The van der Waals surface area contributed by atoms with Crippen molar-refractivity contribution in [3.8, 4) is 0 Å². The molecule has 0 bridgehead atoms. The number of carbonyl (C=O) groups is 1. The Morgan fingerprint density at radius 1 is 1.33 bits per heavy atom. The van der Waals surface area contributed by atoms with Gasteiger partial charge in [0.2, 0.25) is 5.91 Å². The summed E-state index contributed by atoms with van der Waals surface area (Å²) in [6.45, 7) is 9.80. The van der Waals surface area contributed by atoms with Crippen molar-refractivity contribution in [1.82, 2.24) is 15.3 Å². The van der Waals surface area contributed by atoms with Crippen molar-refractivity contribution < 1.29 is 4.79 Å². The second-order valence-corrected chi connectivity index (χ2v) is 6.71. The molecule has 1 aliphatic heterocycles. The quantitative estimate of drug-likeness (QED) is 0.927. The molecule has 0 aromatic carbocycles. The molecule has 21 heavy (non-hydrogen) atoms. The van der Waals surface area contributed by atoms with Gasteiger partial charge in [-0.05, 0) is 19.3 Å². The van der Waals surface area contributed by atoms with Gasteiger partial charge in [-0.2, -0.15) is 0 Å². The third kappa shape index (κ3) is 4.16. The van der Waals surface area contributed by atoms with Gasteiger partial charge in [-0.15, -0.1) is 0 Å². The summed E-state index contributed by atoms with van der Waals surface area (Å²) in [5.74, 6) is 1.14. The fourth-order valence-electron chi connectivity index (χ4n) is 2.41. The number of rotatable bonds is 3. The summed E-state index contributed by atoms with van der Waals surface area (Å²) in [6.07, 6.45) is 4.50. The lowest BCUT2D eigenvalue weighted by Gasteiger charge is -2.34. The molecule has 116 valence electrons. The average molecular weight is 290 g/mol. The van der Waals surface area contributed by atoms with Gasteiger partial charge in [-0.25, -0.2) is 9.97 Å². The minimum Gasteiger partial charge on any atom is -0.356 e. The minimum absolute atomic E-state index is 0.135. The Kier molecular flexibility index (Phi) is 4.80. The van der Waals surface area contributed by atoms with Crippen LogP contribution in [0.15, 0.2) is 12.4 Å². The van der Waals surface area contributed by atoms with Gasteiger partial charge in [0, 0.05) is 36.3 Å². The van der Waals surface area contributed by atoms with Crippen LogP contribution in [0.2, 0.25) is 0 Å². The van der Waals surface area contributed by atoms with Crippen molar-refractivity contribution >= 4 is 11.7 Å². The van der Waals surface area contributed by atoms with Crippen LogP contribution in [0.25, 0.3) is 0 Å². The monoisotopic (exact) mass is 290 g/mol. The molecule has 1 aliphatic rings. The highest BCUT2D eigenvalue weighted by molar-refractivity contribution is 5.81. The smallest absolute Gasteiger partial charge is 0.225 e. The maximum Gasteiger partial charge on any atom is 0.225 e. The van der Waals surface area contributed by atoms with E-state index in [1.807, 2.05) is 20.8 Å². The van der Waals surface area contributed by atoms with E-state index in [2.05, 4.69) is 33.2 Å². The van der Waals surface area contributed by atoms with Gasteiger partial charge in [-0.1, -0.05) is 27.7 Å². The Morgan fingerprint density at radius 3 is 2.57 bits per heavy atom. The lowest BCUT2D eigenvalue weighted by atomic mass is 9.94. The predicted octanol–water partition coefficient (Wildman–Crippen LogP) is 2.17. The third-order valence-electron chi connectivity index (χ3n) is 3.91. The predicted molar refractivity (Wildman–Crippen MR) is 84.2 cm³/mol. The number of nitrogens with zero attached hydrogens (tertiary/aromatic N) is 3. The van der Waals surface area contributed by atoms with E-state index in [1.54, 1.807) is 6.33 Å². The van der Waals surface area contributed by atoms with Crippen LogP contribution < -0.4 is 10.2 Å². The van der Waals surface area contributed by atoms with Gasteiger partial charge in [0.15, 0.2) is 0 Å². The number of carbonyl (C=O) groups excluding carboxylic acids is 1. The number of hydrogen-bond acceptors (Lipinski definition) is 4. The number of piperidine rings is 1. The van der Waals surface area contributed by atoms with E-state index in [0.717, 1.165) is 43.9 Å². The molecule has 0 radical (unpaired) electrons. The second kappa shape index (κ2) is 6.41. The first-order valence-corrected chi connectivity index (χ1v) is 7.77. The number of aryl methyl sites for hydroxylation is 1. The first-order chi connectivity index (χ1) is 9.90. The van der Waals surface area contributed by atoms with Crippen LogP contribution in [-0.2, 0) is 11.2 Å². The molecule has 0 atom stereocenters. The average Bonchev–Trinajstić information content (AvgIpc) is 2.47. The summed E-state index contributed by atoms with van der Waals surface area (Å²) < 4.78 is 0. The zero-order valence-electron chi connectivity index (χ0n) is 13.5. The zero-order valence-corrected chi connectivity index (χ0v) is 13.5. The second-order valence-electron chi connectivity index (χ2n) is 6.71. The first kappa shape index (κ1) is 15.7. The fraction of sp³-hybridized carbons (Fsp3) is 0.688. The summed E-state index contributed by atoms with van der Waals surface area (Å²) in [6, 6.07) is 2.34. The Morgan fingerprint density at radius 2 is 2.00 bits per heavy atom. The summed E-state index contributed by atoms with van der Waals surface area (Å²) in [5, 5.41) is 3.16. The first-order valence-electron chi connectivity index (χ1n) is 7.77. The topological polar surface area (TPSA) is 58.1 Å². The molecule has 1 aromatic rings. The summed E-state index contributed by atoms with van der Waals surface area (Å²) in [5.41, 5.74) is 0.753. The maximum atomic E-state index is 12.0. The number of anilines is 1. The normalized spacial score (nSPS) is 16.9. The highest BCUT2D eigenvalue weighted by Crippen LogP contribution is 2.20. The largest absolute Gasteiger partial charge is 0.356 e. The molecule has 1 N–H and O–H groups in total. The van der Waals surface area contributed by atoms with Crippen LogP contribution in [0.3, 0.4) is 0 Å². The summed E-state index contributed by atoms with van der Waals surface area (Å²) >= 11 is 0. The Labute approximate surface area is 127 Å². The Bertz CT molecular complexity index is 487. The third-order valence-corrected chi connectivity index (χ3v) is 3.91. The zero-order chi connectivity index (χ0) is 15.5. The lowest BCUT2D eigenvalue weighted by molar-refractivity contribution is -0.129. The standard InChI is InChI=1S/C16H26N4O/c1-5-12-10-14(18-11-17-12)20-8-6-13(7-9-20)19-15(21)16(2,3)4/h10-11,13H,5-9H2,1-4H3,(H,19,21). The Balaban J connectivity index is 1.89. The van der Waals surface area contributed by atoms with Gasteiger partial charge >= 0.3 is 0 Å². The molecule has 0 unspecified atom stereocenters. The maximum absolute atomic E-state index is 12.0. The van der Waals surface area contributed by atoms with Crippen LogP contribution in [0.5, 0.6) is 0 Å². The van der Waals surface area contributed by atoms with E-state index in [-0.39, 0.29) is 17.4 Å². The Hall–Kier alpha value is -1.65. The van der Waals surface area contributed by atoms with E-state index < -0.39 is 0 Å². The van der Waals surface area contributed by atoms with E-state index >= 15 is 0 Å². The van der Waals surface area contributed by atoms with Gasteiger partial charge in [0.25, 0.3) is 0 Å². The summed E-state index contributed by atoms with van der Waals surface area (Å²) in [4.78, 5) is 22.9. The molecular formula is C16H26N4O. The van der Waals surface area contributed by atoms with Crippen molar-refractivity contribution in [3.05, 3.63) is 18.1 Å². The molecule has 5 nitrogen and oxygen atoms in total. The fourth-order valence-corrected chi connectivity index (χ4v) is 2.41. The van der Waals surface area contributed by atoms with Crippen LogP contribution >= 0.6 is 0 Å². The van der Waals surface area contributed by atoms with Crippen molar-refractivity contribution in [2.75, 3.05) is 18.0 Å². The van der Waals surface area contributed by atoms with Crippen molar-refractivity contribution in [2.24, 2.45) is 5.41 Å². The summed E-state index contributed by atoms with van der Waals surface area (Å²) in [7, 11) is 0. The van der Waals surface area contributed by atoms with Crippen molar-refractivity contribution in [3.63, 3.8) is 0 Å². The molecule has 1 amide bonds. The minimum atomic E-state index is -0.320. The highest BCUT2D eigenvalue weighted by atomic mass is 16.2. The SMILES string of the molecule is CCc1cc(N2CCC(NC(=O)C(C)(C)C)CC2)ncn1. The molecular weight excluding hydrogens is 264 g/mol. The van der Waals surface area contributed by atoms with Crippen LogP contribution in [0.4, 0.5) is 5.82 Å². The number of nitrogens with one attached hydrogen (secondary N) is 1. The molecule has 2 rings (SSSR count).